The van der Waals surface area contributed by atoms with Crippen LogP contribution in [0.3, 0.4) is 0 Å². The van der Waals surface area contributed by atoms with Gasteiger partial charge in [-0.2, -0.15) is 0 Å². The third kappa shape index (κ3) is 5.89. The summed E-state index contributed by atoms with van der Waals surface area (Å²) >= 11 is 0. The number of nitrogens with zero attached hydrogens (tertiary/aromatic N) is 2. The van der Waals surface area contributed by atoms with Gasteiger partial charge in [0.15, 0.2) is 5.76 Å². The molecule has 0 bridgehead atoms. The molecule has 1 heterocycles. The lowest BCUT2D eigenvalue weighted by Crippen LogP contribution is -2.19. The Morgan fingerprint density at radius 1 is 1.19 bits per heavy atom. The number of aromatic nitrogens is 1. The summed E-state index contributed by atoms with van der Waals surface area (Å²) in [4.78, 5) is 20.3. The monoisotopic (exact) mass is 419 g/mol. The number of amides is 2. The molecule has 8 heteroatoms. The largest absolute Gasteiger partial charge is 0.423 e. The number of halogens is 1. The van der Waals surface area contributed by atoms with Gasteiger partial charge in [0.25, 0.3) is 6.01 Å². The number of hydrogen-bond donors (Lipinski definition) is 3. The number of hydrogen-bond acceptors (Lipinski definition) is 5. The number of aliphatic imine (C=N–C) groups is 1. The Bertz CT molecular complexity index is 1120. The fraction of sp³-hybridized carbons (Fsp3) is 0.0870. The molecule has 3 rings (SSSR count). The van der Waals surface area contributed by atoms with Crippen molar-refractivity contribution in [1.29, 1.82) is 0 Å². The van der Waals surface area contributed by atoms with Gasteiger partial charge in [-0.1, -0.05) is 24.8 Å². The predicted molar refractivity (Wildman–Crippen MR) is 123 cm³/mol. The molecule has 2 amide bonds. The van der Waals surface area contributed by atoms with Crippen LogP contribution in [0.4, 0.5) is 32.3 Å². The maximum absolute atomic E-state index is 13.0. The Morgan fingerprint density at radius 3 is 2.61 bits per heavy atom. The van der Waals surface area contributed by atoms with E-state index in [0.29, 0.717) is 35.4 Å². The summed E-state index contributed by atoms with van der Waals surface area (Å²) < 4.78 is 18.7. The van der Waals surface area contributed by atoms with Crippen molar-refractivity contribution < 1.29 is 13.6 Å². The molecule has 0 spiro atoms. The molecule has 0 fully saturated rings. The van der Waals surface area contributed by atoms with E-state index in [1.165, 1.54) is 24.3 Å². The van der Waals surface area contributed by atoms with E-state index in [1.54, 1.807) is 24.4 Å². The Labute approximate surface area is 179 Å². The van der Waals surface area contributed by atoms with Crippen LogP contribution in [-0.4, -0.2) is 24.3 Å². The van der Waals surface area contributed by atoms with Gasteiger partial charge in [0, 0.05) is 22.6 Å². The molecule has 0 radical (unpaired) electrons. The van der Waals surface area contributed by atoms with E-state index in [4.69, 9.17) is 4.42 Å². The number of anilines is 4. The fourth-order valence-electron chi connectivity index (χ4n) is 2.69. The number of rotatable bonds is 8. The highest BCUT2D eigenvalue weighted by molar-refractivity contribution is 6.00. The molecular formula is C23H22FN5O2. The lowest BCUT2D eigenvalue weighted by molar-refractivity contribution is 0.262. The molecule has 2 aromatic carbocycles. The van der Waals surface area contributed by atoms with Crippen molar-refractivity contribution in [3.05, 3.63) is 84.5 Å². The van der Waals surface area contributed by atoms with E-state index >= 15 is 0 Å². The second kappa shape index (κ2) is 10.0. The quantitative estimate of drug-likeness (QED) is 0.319. The number of allylic oxidation sites excluding steroid dienone is 2. The van der Waals surface area contributed by atoms with Gasteiger partial charge in [0.1, 0.15) is 5.82 Å². The number of carbonyl (C=O) groups is 1. The van der Waals surface area contributed by atoms with E-state index in [2.05, 4.69) is 39.2 Å². The fourth-order valence-corrected chi connectivity index (χ4v) is 2.69. The van der Waals surface area contributed by atoms with Gasteiger partial charge in [-0.25, -0.2) is 14.2 Å². The molecule has 0 aliphatic heterocycles. The van der Waals surface area contributed by atoms with Crippen LogP contribution >= 0.6 is 0 Å². The van der Waals surface area contributed by atoms with Crippen molar-refractivity contribution in [1.82, 2.24) is 4.98 Å². The van der Waals surface area contributed by atoms with E-state index in [9.17, 15) is 9.18 Å². The molecule has 0 atom stereocenters. The van der Waals surface area contributed by atoms with Gasteiger partial charge < -0.3 is 20.4 Å². The van der Waals surface area contributed by atoms with Gasteiger partial charge in [-0.3, -0.25) is 4.99 Å². The first kappa shape index (κ1) is 21.5. The summed E-state index contributed by atoms with van der Waals surface area (Å²) in [5.41, 5.74) is 3.44. The average Bonchev–Trinajstić information content (AvgIpc) is 3.21. The Hall–Kier alpha value is -4.20. The zero-order valence-corrected chi connectivity index (χ0v) is 17.0. The Balaban J connectivity index is 1.70. The van der Waals surface area contributed by atoms with Gasteiger partial charge in [-0.15, -0.1) is 0 Å². The van der Waals surface area contributed by atoms with Gasteiger partial charge >= 0.3 is 6.03 Å². The van der Waals surface area contributed by atoms with Crippen molar-refractivity contribution in [2.45, 2.75) is 6.92 Å². The molecule has 0 unspecified atom stereocenters. The molecule has 0 aliphatic rings. The summed E-state index contributed by atoms with van der Waals surface area (Å²) in [5, 5.41) is 8.49. The second-order valence-electron chi connectivity index (χ2n) is 6.54. The van der Waals surface area contributed by atoms with E-state index in [-0.39, 0.29) is 5.82 Å². The summed E-state index contributed by atoms with van der Waals surface area (Å²) in [6.45, 7) is 9.58. The highest BCUT2D eigenvalue weighted by Crippen LogP contribution is 2.26. The molecule has 3 aromatic rings. The van der Waals surface area contributed by atoms with Crippen molar-refractivity contribution in [3.8, 4) is 0 Å². The van der Waals surface area contributed by atoms with Gasteiger partial charge in [0.2, 0.25) is 0 Å². The first-order valence-corrected chi connectivity index (χ1v) is 9.41. The number of urea groups is 1. The normalized spacial score (nSPS) is 11.0. The third-order valence-electron chi connectivity index (χ3n) is 4.29. The molecule has 158 valence electrons. The zero-order chi connectivity index (χ0) is 22.2. The van der Waals surface area contributed by atoms with Crippen LogP contribution in [0, 0.1) is 12.7 Å². The molecular weight excluding hydrogens is 397 g/mol. The number of nitrogens with one attached hydrogen (secondary N) is 3. The average molecular weight is 419 g/mol. The molecule has 7 nitrogen and oxygen atoms in total. The SMILES string of the molecule is C=CC(=CCN=C)c1cnc(Nc2cc(NC(=O)Nc3ccc(F)cc3)ccc2C)o1. The van der Waals surface area contributed by atoms with Crippen LogP contribution < -0.4 is 16.0 Å². The third-order valence-corrected chi connectivity index (χ3v) is 4.29. The van der Waals surface area contributed by atoms with Crippen molar-refractivity contribution in [2.24, 2.45) is 4.99 Å². The minimum absolute atomic E-state index is 0.297. The van der Waals surface area contributed by atoms with Crippen molar-refractivity contribution >= 4 is 41.4 Å². The van der Waals surface area contributed by atoms with Crippen LogP contribution in [0.15, 0.2) is 76.8 Å². The van der Waals surface area contributed by atoms with E-state index < -0.39 is 6.03 Å². The standard InChI is InChI=1S/C23H22FN5O2/c1-4-16(11-12-25-3)21-14-26-23(31-21)29-20-13-19(8-5-15(20)2)28-22(30)27-18-9-6-17(24)7-10-18/h4-11,13-14H,1,3,12H2,2H3,(H,26,29)(H2,27,28,30). The molecule has 31 heavy (non-hydrogen) atoms. The highest BCUT2D eigenvalue weighted by atomic mass is 19.1. The first-order valence-electron chi connectivity index (χ1n) is 9.41. The number of oxazole rings is 1. The van der Waals surface area contributed by atoms with Gasteiger partial charge in [0.05, 0.1) is 12.7 Å². The molecule has 0 saturated heterocycles. The Kier molecular flexibility index (Phi) is 6.95. The number of benzene rings is 2. The van der Waals surface area contributed by atoms with Crippen molar-refractivity contribution in [2.75, 3.05) is 22.5 Å². The van der Waals surface area contributed by atoms with Crippen LogP contribution in [0.5, 0.6) is 0 Å². The summed E-state index contributed by atoms with van der Waals surface area (Å²) in [7, 11) is 0. The summed E-state index contributed by atoms with van der Waals surface area (Å²) in [5.74, 6) is 0.176. The van der Waals surface area contributed by atoms with Crippen molar-refractivity contribution in [3.63, 3.8) is 0 Å². The molecule has 0 aliphatic carbocycles. The maximum atomic E-state index is 13.0. The minimum Gasteiger partial charge on any atom is -0.423 e. The summed E-state index contributed by atoms with van der Waals surface area (Å²) in [6.07, 6.45) is 5.08. The topological polar surface area (TPSA) is 91.5 Å². The smallest absolute Gasteiger partial charge is 0.323 e. The van der Waals surface area contributed by atoms with Crippen LogP contribution in [0.1, 0.15) is 11.3 Å². The molecule has 0 saturated carbocycles. The van der Waals surface area contributed by atoms with Crippen LogP contribution in [0.2, 0.25) is 0 Å². The van der Waals surface area contributed by atoms with Crippen LogP contribution in [-0.2, 0) is 0 Å². The number of carbonyl (C=O) groups excluding carboxylic acids is 1. The highest BCUT2D eigenvalue weighted by Gasteiger charge is 2.10. The van der Waals surface area contributed by atoms with E-state index in [1.807, 2.05) is 19.1 Å². The zero-order valence-electron chi connectivity index (χ0n) is 17.0. The first-order chi connectivity index (χ1) is 15.0. The summed E-state index contributed by atoms with van der Waals surface area (Å²) in [6, 6.07) is 10.7. The Morgan fingerprint density at radius 2 is 1.90 bits per heavy atom. The lowest BCUT2D eigenvalue weighted by Gasteiger charge is -2.11. The lowest BCUT2D eigenvalue weighted by atomic mass is 10.2. The molecule has 3 N–H and O–H groups in total. The van der Waals surface area contributed by atoms with E-state index in [0.717, 1.165) is 11.1 Å². The second-order valence-corrected chi connectivity index (χ2v) is 6.54. The predicted octanol–water partition coefficient (Wildman–Crippen LogP) is 5.78. The minimum atomic E-state index is -0.448. The molecule has 1 aromatic heterocycles. The number of aryl methyl sites for hydroxylation is 1. The maximum Gasteiger partial charge on any atom is 0.323 e. The van der Waals surface area contributed by atoms with Gasteiger partial charge in [-0.05, 0) is 55.6 Å². The van der Waals surface area contributed by atoms with Crippen LogP contribution in [0.25, 0.3) is 5.57 Å².